The molecule has 2 aromatic rings. The van der Waals surface area contributed by atoms with E-state index >= 15 is 0 Å². The lowest BCUT2D eigenvalue weighted by molar-refractivity contribution is 0.628. The molecule has 0 saturated heterocycles. The van der Waals surface area contributed by atoms with Gasteiger partial charge in [-0.05, 0) is 44.0 Å². The summed E-state index contributed by atoms with van der Waals surface area (Å²) >= 11 is 1.78. The van der Waals surface area contributed by atoms with Crippen LogP contribution in [0.1, 0.15) is 30.8 Å². The lowest BCUT2D eigenvalue weighted by Crippen LogP contribution is -2.01. The Bertz CT molecular complexity index is 561. The van der Waals surface area contributed by atoms with Crippen LogP contribution in [0.15, 0.2) is 29.2 Å². The van der Waals surface area contributed by atoms with Crippen molar-refractivity contribution in [3.63, 3.8) is 0 Å². The largest absolute Gasteiger partial charge is 0.398 e. The van der Waals surface area contributed by atoms with E-state index in [0.717, 1.165) is 35.0 Å². The average Bonchev–Trinajstić information content (AvgIpc) is 2.82. The van der Waals surface area contributed by atoms with Crippen LogP contribution in [0.5, 0.6) is 0 Å². The quantitative estimate of drug-likeness (QED) is 0.669. The zero-order valence-electron chi connectivity index (χ0n) is 11.8. The normalized spacial score (nSPS) is 10.9. The molecule has 1 aromatic heterocycles. The van der Waals surface area contributed by atoms with E-state index in [1.54, 1.807) is 11.8 Å². The number of aryl methyl sites for hydroxylation is 3. The first-order valence-electron chi connectivity index (χ1n) is 6.68. The van der Waals surface area contributed by atoms with E-state index in [1.165, 1.54) is 11.3 Å². The molecule has 0 aliphatic rings. The van der Waals surface area contributed by atoms with E-state index in [1.807, 2.05) is 12.1 Å². The van der Waals surface area contributed by atoms with Gasteiger partial charge in [-0.1, -0.05) is 13.0 Å². The molecule has 0 spiro atoms. The van der Waals surface area contributed by atoms with E-state index in [-0.39, 0.29) is 0 Å². The number of anilines is 1. The third-order valence-electron chi connectivity index (χ3n) is 3.12. The molecule has 1 aromatic carbocycles. The number of aromatic nitrogens is 2. The van der Waals surface area contributed by atoms with Crippen molar-refractivity contribution in [2.75, 3.05) is 5.73 Å². The standard InChI is InChI=1S/C15H21N3S/c1-4-12-9-13(18(5-2)17-12)10-19-15-8-11(3)6-7-14(15)16/h6-9H,4-5,10,16H2,1-3H3. The summed E-state index contributed by atoms with van der Waals surface area (Å²) in [7, 11) is 0. The van der Waals surface area contributed by atoms with Crippen LogP contribution in [0.3, 0.4) is 0 Å². The second-order valence-corrected chi connectivity index (χ2v) is 5.64. The van der Waals surface area contributed by atoms with E-state index in [2.05, 4.69) is 42.7 Å². The van der Waals surface area contributed by atoms with Gasteiger partial charge in [0.05, 0.1) is 5.69 Å². The number of nitrogens with zero attached hydrogens (tertiary/aromatic N) is 2. The first-order chi connectivity index (χ1) is 9.13. The van der Waals surface area contributed by atoms with Gasteiger partial charge in [-0.2, -0.15) is 5.10 Å². The molecule has 0 aliphatic heterocycles. The van der Waals surface area contributed by atoms with Crippen molar-refractivity contribution < 1.29 is 0 Å². The lowest BCUT2D eigenvalue weighted by Gasteiger charge is -2.07. The summed E-state index contributed by atoms with van der Waals surface area (Å²) in [5.74, 6) is 0.911. The van der Waals surface area contributed by atoms with Crippen molar-refractivity contribution in [2.45, 2.75) is 44.4 Å². The van der Waals surface area contributed by atoms with Gasteiger partial charge >= 0.3 is 0 Å². The Morgan fingerprint density at radius 1 is 1.26 bits per heavy atom. The van der Waals surface area contributed by atoms with Crippen LogP contribution in [0.25, 0.3) is 0 Å². The van der Waals surface area contributed by atoms with Gasteiger partial charge in [0, 0.05) is 28.6 Å². The van der Waals surface area contributed by atoms with Crippen molar-refractivity contribution in [3.8, 4) is 0 Å². The van der Waals surface area contributed by atoms with Crippen molar-refractivity contribution in [1.29, 1.82) is 0 Å². The zero-order chi connectivity index (χ0) is 13.8. The monoisotopic (exact) mass is 275 g/mol. The molecule has 3 nitrogen and oxygen atoms in total. The van der Waals surface area contributed by atoms with Gasteiger partial charge in [-0.3, -0.25) is 4.68 Å². The highest BCUT2D eigenvalue weighted by Gasteiger charge is 2.07. The van der Waals surface area contributed by atoms with Gasteiger partial charge in [-0.15, -0.1) is 11.8 Å². The Labute approximate surface area is 119 Å². The molecule has 0 radical (unpaired) electrons. The number of nitrogens with two attached hydrogens (primary N) is 1. The fourth-order valence-electron chi connectivity index (χ4n) is 2.00. The number of rotatable bonds is 5. The second-order valence-electron chi connectivity index (χ2n) is 4.63. The van der Waals surface area contributed by atoms with Crippen molar-refractivity contribution in [2.24, 2.45) is 0 Å². The van der Waals surface area contributed by atoms with E-state index in [4.69, 9.17) is 5.73 Å². The molecular weight excluding hydrogens is 254 g/mol. The van der Waals surface area contributed by atoms with Crippen LogP contribution < -0.4 is 5.73 Å². The van der Waals surface area contributed by atoms with Gasteiger partial charge in [0.25, 0.3) is 0 Å². The lowest BCUT2D eigenvalue weighted by atomic mass is 10.2. The third-order valence-corrected chi connectivity index (χ3v) is 4.22. The van der Waals surface area contributed by atoms with Crippen LogP contribution in [0.2, 0.25) is 0 Å². The highest BCUT2D eigenvalue weighted by molar-refractivity contribution is 7.98. The number of nitrogen functional groups attached to an aromatic ring is 1. The molecule has 102 valence electrons. The molecule has 19 heavy (non-hydrogen) atoms. The molecule has 1 heterocycles. The molecule has 0 fully saturated rings. The van der Waals surface area contributed by atoms with Crippen LogP contribution in [0.4, 0.5) is 5.69 Å². The maximum absolute atomic E-state index is 6.01. The maximum atomic E-state index is 6.01. The van der Waals surface area contributed by atoms with E-state index in [0.29, 0.717) is 0 Å². The Morgan fingerprint density at radius 2 is 2.05 bits per heavy atom. The highest BCUT2D eigenvalue weighted by atomic mass is 32.2. The SMILES string of the molecule is CCc1cc(CSc2cc(C)ccc2N)n(CC)n1. The van der Waals surface area contributed by atoms with Crippen LogP contribution in [0, 0.1) is 6.92 Å². The summed E-state index contributed by atoms with van der Waals surface area (Å²) in [5, 5.41) is 4.57. The number of hydrogen-bond acceptors (Lipinski definition) is 3. The van der Waals surface area contributed by atoms with Crippen molar-refractivity contribution in [3.05, 3.63) is 41.2 Å². The average molecular weight is 275 g/mol. The predicted octanol–water partition coefficient (Wildman–Crippen LogP) is 3.65. The Kier molecular flexibility index (Phi) is 4.53. The van der Waals surface area contributed by atoms with Crippen LogP contribution in [-0.4, -0.2) is 9.78 Å². The topological polar surface area (TPSA) is 43.8 Å². The summed E-state index contributed by atoms with van der Waals surface area (Å²) in [6, 6.07) is 8.37. The Morgan fingerprint density at radius 3 is 2.74 bits per heavy atom. The van der Waals surface area contributed by atoms with Crippen molar-refractivity contribution >= 4 is 17.4 Å². The minimum atomic E-state index is 0.855. The summed E-state index contributed by atoms with van der Waals surface area (Å²) in [6.45, 7) is 7.27. The number of benzene rings is 1. The van der Waals surface area contributed by atoms with E-state index in [9.17, 15) is 0 Å². The molecule has 0 bridgehead atoms. The molecule has 0 amide bonds. The highest BCUT2D eigenvalue weighted by Crippen LogP contribution is 2.29. The molecule has 0 unspecified atom stereocenters. The minimum Gasteiger partial charge on any atom is -0.398 e. The van der Waals surface area contributed by atoms with Gasteiger partial charge in [0.15, 0.2) is 0 Å². The van der Waals surface area contributed by atoms with Gasteiger partial charge < -0.3 is 5.73 Å². The Hall–Kier alpha value is -1.42. The molecule has 0 atom stereocenters. The minimum absolute atomic E-state index is 0.855. The molecule has 4 heteroatoms. The molecule has 2 N–H and O–H groups in total. The smallest absolute Gasteiger partial charge is 0.0625 e. The summed E-state index contributed by atoms with van der Waals surface area (Å²) in [6.07, 6.45) is 0.983. The molecular formula is C15H21N3S. The maximum Gasteiger partial charge on any atom is 0.0625 e. The Balaban J connectivity index is 2.13. The third kappa shape index (κ3) is 3.32. The predicted molar refractivity (Wildman–Crippen MR) is 82.4 cm³/mol. The van der Waals surface area contributed by atoms with Crippen LogP contribution in [-0.2, 0) is 18.7 Å². The fraction of sp³-hybridized carbons (Fsp3) is 0.400. The number of hydrogen-bond donors (Lipinski definition) is 1. The first kappa shape index (κ1) is 14.0. The van der Waals surface area contributed by atoms with Gasteiger partial charge in [0.1, 0.15) is 0 Å². The van der Waals surface area contributed by atoms with Crippen molar-refractivity contribution in [1.82, 2.24) is 9.78 Å². The molecule has 0 aliphatic carbocycles. The molecule has 0 saturated carbocycles. The van der Waals surface area contributed by atoms with E-state index < -0.39 is 0 Å². The summed E-state index contributed by atoms with van der Waals surface area (Å²) < 4.78 is 2.08. The summed E-state index contributed by atoms with van der Waals surface area (Å²) in [4.78, 5) is 1.15. The number of thioether (sulfide) groups is 1. The summed E-state index contributed by atoms with van der Waals surface area (Å²) in [5.41, 5.74) is 10.5. The zero-order valence-corrected chi connectivity index (χ0v) is 12.6. The second kappa shape index (κ2) is 6.15. The first-order valence-corrected chi connectivity index (χ1v) is 7.67. The van der Waals surface area contributed by atoms with Gasteiger partial charge in [-0.25, -0.2) is 0 Å². The van der Waals surface area contributed by atoms with Crippen LogP contribution >= 0.6 is 11.8 Å². The van der Waals surface area contributed by atoms with Gasteiger partial charge in [0.2, 0.25) is 0 Å². The fourth-order valence-corrected chi connectivity index (χ4v) is 3.04. The molecule has 2 rings (SSSR count).